The van der Waals surface area contributed by atoms with Crippen molar-refractivity contribution in [2.45, 2.75) is 38.5 Å². The van der Waals surface area contributed by atoms with Crippen molar-refractivity contribution in [3.05, 3.63) is 70.1 Å². The van der Waals surface area contributed by atoms with E-state index in [1.54, 1.807) is 5.20 Å². The molecule has 0 spiro atoms. The highest BCUT2D eigenvalue weighted by molar-refractivity contribution is 6.41. The van der Waals surface area contributed by atoms with Crippen molar-refractivity contribution in [3.8, 4) is 0 Å². The first-order valence-corrected chi connectivity index (χ1v) is 8.73. The van der Waals surface area contributed by atoms with Gasteiger partial charge in [0, 0.05) is 15.7 Å². The van der Waals surface area contributed by atoms with Gasteiger partial charge in [0.15, 0.2) is 0 Å². The minimum Gasteiger partial charge on any atom is -0.0704 e. The second-order valence-electron chi connectivity index (χ2n) is 7.35. The number of benzene rings is 2. The third-order valence-electron chi connectivity index (χ3n) is 4.90. The topological polar surface area (TPSA) is 0 Å². The van der Waals surface area contributed by atoms with Crippen LogP contribution in [0.1, 0.15) is 38.8 Å². The summed E-state index contributed by atoms with van der Waals surface area (Å²) in [7, 11) is 1.09. The van der Waals surface area contributed by atoms with Crippen LogP contribution in [0, 0.1) is 0 Å². The van der Waals surface area contributed by atoms with Gasteiger partial charge in [-0.1, -0.05) is 80.6 Å². The minimum atomic E-state index is 0.0666. The summed E-state index contributed by atoms with van der Waals surface area (Å²) in [5.74, 6) is 0. The Morgan fingerprint density at radius 3 is 2.19 bits per heavy atom. The van der Waals surface area contributed by atoms with Gasteiger partial charge in [-0.15, -0.1) is 0 Å². The van der Waals surface area contributed by atoms with Crippen LogP contribution >= 0.6 is 0 Å². The third-order valence-corrected chi connectivity index (χ3v) is 6.48. The Hall–Kier alpha value is -1.60. The second kappa shape index (κ2) is 4.71. The minimum absolute atomic E-state index is 0.0666. The molecule has 0 amide bonds. The van der Waals surface area contributed by atoms with E-state index in [1.165, 1.54) is 21.6 Å². The maximum absolute atomic E-state index is 2.50. The molecule has 2 aromatic carbocycles. The van der Waals surface area contributed by atoms with Crippen molar-refractivity contribution >= 4 is 21.5 Å². The number of rotatable bonds is 1. The highest BCUT2D eigenvalue weighted by Crippen LogP contribution is 2.34. The summed E-state index contributed by atoms with van der Waals surface area (Å²) in [6.07, 6.45) is 2.50. The summed E-state index contributed by atoms with van der Waals surface area (Å²) in [6, 6.07) is 17.7. The summed E-state index contributed by atoms with van der Waals surface area (Å²) >= 11 is 0. The summed E-state index contributed by atoms with van der Waals surface area (Å²) in [5.41, 5.74) is 3.13. The van der Waals surface area contributed by atoms with E-state index < -0.39 is 0 Å². The van der Waals surface area contributed by atoms with Crippen LogP contribution in [-0.4, -0.2) is 10.2 Å². The zero-order chi connectivity index (χ0) is 15.3. The SMILES string of the molecule is CC(C)(C)c1cccc2c1=CC(C)(c1ccccc1)C=2[SiH3]. The smallest absolute Gasteiger partial charge is 0.0356 e. The van der Waals surface area contributed by atoms with Gasteiger partial charge in [-0.05, 0) is 33.9 Å². The second-order valence-corrected chi connectivity index (χ2v) is 8.35. The average molecular weight is 292 g/mol. The van der Waals surface area contributed by atoms with Crippen LogP contribution < -0.4 is 10.4 Å². The Kier molecular flexibility index (Phi) is 3.21. The zero-order valence-electron chi connectivity index (χ0n) is 13.7. The van der Waals surface area contributed by atoms with Gasteiger partial charge in [-0.2, -0.15) is 0 Å². The highest BCUT2D eigenvalue weighted by atomic mass is 28.1. The fraction of sp³-hybridized carbons (Fsp3) is 0.300. The number of fused-ring (bicyclic) bond motifs is 1. The first kappa shape index (κ1) is 14.3. The lowest BCUT2D eigenvalue weighted by molar-refractivity contribution is 0.585. The van der Waals surface area contributed by atoms with Crippen LogP contribution in [0.4, 0.5) is 0 Å². The van der Waals surface area contributed by atoms with Crippen molar-refractivity contribution in [2.24, 2.45) is 0 Å². The monoisotopic (exact) mass is 292 g/mol. The first-order chi connectivity index (χ1) is 9.84. The molecule has 3 rings (SSSR count). The Labute approximate surface area is 130 Å². The average Bonchev–Trinajstić information content (AvgIpc) is 2.72. The standard InChI is InChI=1S/C20H24Si/c1-19(2,3)17-12-8-11-15-16(17)13-20(4,18(15)21)14-9-6-5-7-10-14/h5-13H,1-4,21H3. The van der Waals surface area contributed by atoms with Crippen molar-refractivity contribution in [1.29, 1.82) is 0 Å². The lowest BCUT2D eigenvalue weighted by Gasteiger charge is -2.25. The maximum atomic E-state index is 2.50. The molecular formula is C20H24Si. The van der Waals surface area contributed by atoms with Gasteiger partial charge in [0.2, 0.25) is 0 Å². The molecule has 1 heteroatoms. The maximum Gasteiger partial charge on any atom is 0.0356 e. The molecule has 0 radical (unpaired) electrons. The fourth-order valence-electron chi connectivity index (χ4n) is 3.46. The zero-order valence-corrected chi connectivity index (χ0v) is 15.7. The van der Waals surface area contributed by atoms with Gasteiger partial charge in [-0.25, -0.2) is 0 Å². The largest absolute Gasteiger partial charge is 0.0704 e. The lowest BCUT2D eigenvalue weighted by atomic mass is 9.82. The molecule has 0 bridgehead atoms. The van der Waals surface area contributed by atoms with Gasteiger partial charge in [0.25, 0.3) is 0 Å². The van der Waals surface area contributed by atoms with Gasteiger partial charge in [-0.3, -0.25) is 0 Å². The Morgan fingerprint density at radius 1 is 0.905 bits per heavy atom. The molecule has 0 N–H and O–H groups in total. The molecule has 0 nitrogen and oxygen atoms in total. The fourth-order valence-corrected chi connectivity index (χ4v) is 4.33. The molecule has 2 aromatic rings. The quantitative estimate of drug-likeness (QED) is 0.707. The molecular weight excluding hydrogens is 268 g/mol. The molecule has 0 aromatic heterocycles. The molecule has 0 heterocycles. The molecule has 108 valence electrons. The van der Waals surface area contributed by atoms with Crippen molar-refractivity contribution in [3.63, 3.8) is 0 Å². The Bertz CT molecular complexity index is 794. The molecule has 1 aliphatic rings. The molecule has 1 unspecified atom stereocenters. The summed E-state index contributed by atoms with van der Waals surface area (Å²) in [6.45, 7) is 9.29. The number of hydrogen-bond acceptors (Lipinski definition) is 0. The van der Waals surface area contributed by atoms with Crippen LogP contribution in [0.5, 0.6) is 0 Å². The number of hydrogen-bond donors (Lipinski definition) is 0. The van der Waals surface area contributed by atoms with Crippen molar-refractivity contribution < 1.29 is 0 Å². The summed E-state index contributed by atoms with van der Waals surface area (Å²) in [5, 5.41) is 4.52. The Morgan fingerprint density at radius 2 is 1.57 bits per heavy atom. The van der Waals surface area contributed by atoms with E-state index in [0.717, 1.165) is 10.2 Å². The summed E-state index contributed by atoms with van der Waals surface area (Å²) < 4.78 is 0. The van der Waals surface area contributed by atoms with E-state index in [2.05, 4.69) is 82.3 Å². The van der Waals surface area contributed by atoms with E-state index >= 15 is 0 Å². The molecule has 0 fully saturated rings. The predicted molar refractivity (Wildman–Crippen MR) is 96.0 cm³/mol. The van der Waals surface area contributed by atoms with E-state index in [-0.39, 0.29) is 10.8 Å². The van der Waals surface area contributed by atoms with E-state index in [1.807, 2.05) is 0 Å². The Balaban J connectivity index is 2.34. The van der Waals surface area contributed by atoms with E-state index in [9.17, 15) is 0 Å². The molecule has 0 saturated heterocycles. The van der Waals surface area contributed by atoms with Crippen molar-refractivity contribution in [2.75, 3.05) is 0 Å². The molecule has 0 saturated carbocycles. The van der Waals surface area contributed by atoms with Gasteiger partial charge < -0.3 is 0 Å². The molecule has 21 heavy (non-hydrogen) atoms. The van der Waals surface area contributed by atoms with Crippen LogP contribution in [0.3, 0.4) is 0 Å². The molecule has 0 aliphatic heterocycles. The third kappa shape index (κ3) is 2.20. The normalized spacial score (nSPS) is 21.2. The van der Waals surface area contributed by atoms with Crippen LogP contribution in [0.15, 0.2) is 48.5 Å². The highest BCUT2D eigenvalue weighted by Gasteiger charge is 2.31. The lowest BCUT2D eigenvalue weighted by Crippen LogP contribution is -2.32. The van der Waals surface area contributed by atoms with E-state index in [4.69, 9.17) is 0 Å². The predicted octanol–water partition coefficient (Wildman–Crippen LogP) is 2.21. The van der Waals surface area contributed by atoms with Gasteiger partial charge in [0.1, 0.15) is 0 Å². The molecule has 1 aliphatic carbocycles. The van der Waals surface area contributed by atoms with Crippen LogP contribution in [0.25, 0.3) is 11.3 Å². The molecule has 1 atom stereocenters. The van der Waals surface area contributed by atoms with Crippen LogP contribution in [0.2, 0.25) is 0 Å². The first-order valence-electron chi connectivity index (χ1n) is 7.73. The van der Waals surface area contributed by atoms with E-state index in [0.29, 0.717) is 0 Å². The van der Waals surface area contributed by atoms with Gasteiger partial charge >= 0.3 is 0 Å². The van der Waals surface area contributed by atoms with Crippen LogP contribution in [-0.2, 0) is 10.8 Å². The van der Waals surface area contributed by atoms with Gasteiger partial charge in [0.05, 0.1) is 0 Å². The summed E-state index contributed by atoms with van der Waals surface area (Å²) in [4.78, 5) is 0. The van der Waals surface area contributed by atoms with Crippen molar-refractivity contribution in [1.82, 2.24) is 0 Å².